The molecule has 0 aliphatic heterocycles. The van der Waals surface area contributed by atoms with Crippen LogP contribution in [0.1, 0.15) is 17.3 Å². The molecule has 21 heavy (non-hydrogen) atoms. The van der Waals surface area contributed by atoms with Crippen molar-refractivity contribution in [2.75, 3.05) is 34.3 Å². The zero-order valence-corrected chi connectivity index (χ0v) is 12.8. The van der Waals surface area contributed by atoms with Crippen molar-refractivity contribution in [3.63, 3.8) is 0 Å². The largest absolute Gasteiger partial charge is 0.494 e. The summed E-state index contributed by atoms with van der Waals surface area (Å²) in [6.07, 6.45) is 0. The van der Waals surface area contributed by atoms with E-state index in [1.165, 1.54) is 19.2 Å². The summed E-state index contributed by atoms with van der Waals surface area (Å²) < 4.78 is 18.4. The third-order valence-corrected chi connectivity index (χ3v) is 3.17. The van der Waals surface area contributed by atoms with Gasteiger partial charge in [0.05, 0.1) is 13.7 Å². The lowest BCUT2D eigenvalue weighted by Gasteiger charge is -2.19. The van der Waals surface area contributed by atoms with Crippen LogP contribution in [0.4, 0.5) is 4.39 Å². The zero-order chi connectivity index (χ0) is 16.0. The van der Waals surface area contributed by atoms with Gasteiger partial charge in [-0.1, -0.05) is 6.92 Å². The summed E-state index contributed by atoms with van der Waals surface area (Å²) in [4.78, 5) is 25.3. The molecule has 1 aromatic rings. The maximum Gasteiger partial charge on any atom is 0.223 e. The van der Waals surface area contributed by atoms with Crippen molar-refractivity contribution in [2.45, 2.75) is 6.92 Å². The molecule has 1 amide bonds. The summed E-state index contributed by atoms with van der Waals surface area (Å²) in [6.45, 7) is 2.35. The molecule has 5 nitrogen and oxygen atoms in total. The number of hydrogen-bond acceptors (Lipinski definition) is 4. The fourth-order valence-electron chi connectivity index (χ4n) is 2.04. The summed E-state index contributed by atoms with van der Waals surface area (Å²) in [5, 5.41) is 2.56. The number of ketones is 1. The summed E-state index contributed by atoms with van der Waals surface area (Å²) in [7, 11) is 4.69. The van der Waals surface area contributed by atoms with Gasteiger partial charge in [0.15, 0.2) is 17.3 Å². The summed E-state index contributed by atoms with van der Waals surface area (Å²) in [6, 6.07) is 4.12. The predicted octanol–water partition coefficient (Wildman–Crippen LogP) is 1.33. The van der Waals surface area contributed by atoms with Gasteiger partial charge in [-0.3, -0.25) is 14.5 Å². The van der Waals surface area contributed by atoms with Crippen molar-refractivity contribution in [3.8, 4) is 5.75 Å². The van der Waals surface area contributed by atoms with Crippen LogP contribution in [-0.4, -0.2) is 50.9 Å². The Hall–Kier alpha value is -1.95. The zero-order valence-electron chi connectivity index (χ0n) is 12.8. The van der Waals surface area contributed by atoms with Crippen LogP contribution in [0.25, 0.3) is 0 Å². The number of carbonyl (C=O) groups excluding carboxylic acids is 2. The predicted molar refractivity (Wildman–Crippen MR) is 78.0 cm³/mol. The number of likely N-dealkylation sites (N-methyl/N-ethyl adjacent to an activating group) is 1. The highest BCUT2D eigenvalue weighted by Crippen LogP contribution is 2.18. The minimum atomic E-state index is -0.565. The smallest absolute Gasteiger partial charge is 0.223 e. The monoisotopic (exact) mass is 296 g/mol. The van der Waals surface area contributed by atoms with Crippen LogP contribution in [-0.2, 0) is 4.79 Å². The highest BCUT2D eigenvalue weighted by atomic mass is 19.1. The van der Waals surface area contributed by atoms with Gasteiger partial charge >= 0.3 is 0 Å². The van der Waals surface area contributed by atoms with Crippen LogP contribution in [0.2, 0.25) is 0 Å². The second-order valence-electron chi connectivity index (χ2n) is 4.98. The fourth-order valence-corrected chi connectivity index (χ4v) is 2.04. The first-order valence-corrected chi connectivity index (χ1v) is 6.66. The molecule has 0 heterocycles. The quantitative estimate of drug-likeness (QED) is 0.771. The number of halogens is 1. The van der Waals surface area contributed by atoms with E-state index in [1.54, 1.807) is 25.9 Å². The van der Waals surface area contributed by atoms with Crippen LogP contribution >= 0.6 is 0 Å². The molecule has 1 N–H and O–H groups in total. The van der Waals surface area contributed by atoms with E-state index in [-0.39, 0.29) is 35.5 Å². The summed E-state index contributed by atoms with van der Waals surface area (Å²) in [5.74, 6) is -0.966. The number of hydrogen-bond donors (Lipinski definition) is 1. The van der Waals surface area contributed by atoms with Crippen LogP contribution in [0.5, 0.6) is 5.75 Å². The van der Waals surface area contributed by atoms with Crippen molar-refractivity contribution in [2.24, 2.45) is 5.92 Å². The minimum Gasteiger partial charge on any atom is -0.494 e. The van der Waals surface area contributed by atoms with E-state index >= 15 is 0 Å². The van der Waals surface area contributed by atoms with E-state index in [0.29, 0.717) is 6.54 Å². The van der Waals surface area contributed by atoms with Gasteiger partial charge < -0.3 is 10.1 Å². The van der Waals surface area contributed by atoms with E-state index in [0.717, 1.165) is 6.07 Å². The maximum absolute atomic E-state index is 13.6. The Bertz CT molecular complexity index is 520. The second-order valence-corrected chi connectivity index (χ2v) is 4.98. The van der Waals surface area contributed by atoms with Gasteiger partial charge in [0.2, 0.25) is 5.91 Å². The molecule has 0 aliphatic carbocycles. The molecule has 0 aromatic heterocycles. The number of rotatable bonds is 7. The van der Waals surface area contributed by atoms with Crippen molar-refractivity contribution in [3.05, 3.63) is 29.6 Å². The molecule has 1 aromatic carbocycles. The van der Waals surface area contributed by atoms with Gasteiger partial charge in [-0.05, 0) is 25.2 Å². The molecule has 6 heteroatoms. The molecular weight excluding hydrogens is 275 g/mol. The molecule has 0 aliphatic rings. The standard InChI is InChI=1S/C15H21FN2O3/c1-10(15(20)17-2)8-18(3)9-13(19)11-5-6-14(21-4)12(16)7-11/h5-7,10H,8-9H2,1-4H3,(H,17,20). The molecule has 0 spiro atoms. The van der Waals surface area contributed by atoms with E-state index < -0.39 is 5.82 Å². The number of ether oxygens (including phenoxy) is 1. The molecule has 0 saturated heterocycles. The van der Waals surface area contributed by atoms with Crippen LogP contribution in [0.3, 0.4) is 0 Å². The Morgan fingerprint density at radius 2 is 2.10 bits per heavy atom. The number of Topliss-reactive ketones (excluding diaryl/α,β-unsaturated/α-hetero) is 1. The Morgan fingerprint density at radius 1 is 1.43 bits per heavy atom. The lowest BCUT2D eigenvalue weighted by atomic mass is 10.1. The van der Waals surface area contributed by atoms with Crippen molar-refractivity contribution in [1.82, 2.24) is 10.2 Å². The normalized spacial score (nSPS) is 12.1. The fraction of sp³-hybridized carbons (Fsp3) is 0.467. The Balaban J connectivity index is 2.64. The number of nitrogens with one attached hydrogen (secondary N) is 1. The van der Waals surface area contributed by atoms with Gasteiger partial charge in [0.1, 0.15) is 0 Å². The number of nitrogens with zero attached hydrogens (tertiary/aromatic N) is 1. The third-order valence-electron chi connectivity index (χ3n) is 3.17. The highest BCUT2D eigenvalue weighted by Gasteiger charge is 2.17. The summed E-state index contributed by atoms with van der Waals surface area (Å²) in [5.41, 5.74) is 0.285. The van der Waals surface area contributed by atoms with E-state index in [4.69, 9.17) is 4.74 Å². The van der Waals surface area contributed by atoms with Crippen molar-refractivity contribution < 1.29 is 18.7 Å². The molecule has 1 atom stereocenters. The Kier molecular flexibility index (Phi) is 6.30. The number of carbonyl (C=O) groups is 2. The molecule has 1 rings (SSSR count). The van der Waals surface area contributed by atoms with Gasteiger partial charge in [0, 0.05) is 25.1 Å². The second kappa shape index (κ2) is 7.73. The number of amides is 1. The third kappa shape index (κ3) is 4.82. The topological polar surface area (TPSA) is 58.6 Å². The Morgan fingerprint density at radius 3 is 2.62 bits per heavy atom. The van der Waals surface area contributed by atoms with Crippen LogP contribution in [0, 0.1) is 11.7 Å². The Labute approximate surface area is 124 Å². The van der Waals surface area contributed by atoms with Gasteiger partial charge in [0.25, 0.3) is 0 Å². The molecule has 116 valence electrons. The minimum absolute atomic E-state index is 0.0789. The van der Waals surface area contributed by atoms with Crippen molar-refractivity contribution >= 4 is 11.7 Å². The van der Waals surface area contributed by atoms with Gasteiger partial charge in [-0.25, -0.2) is 4.39 Å². The van der Waals surface area contributed by atoms with E-state index in [1.807, 2.05) is 0 Å². The maximum atomic E-state index is 13.6. The first-order valence-electron chi connectivity index (χ1n) is 6.66. The molecule has 0 bridgehead atoms. The first kappa shape index (κ1) is 17.1. The lowest BCUT2D eigenvalue weighted by molar-refractivity contribution is -0.124. The SMILES string of the molecule is CNC(=O)C(C)CN(C)CC(=O)c1ccc(OC)c(F)c1. The average molecular weight is 296 g/mol. The molecule has 0 saturated carbocycles. The first-order chi connectivity index (χ1) is 9.88. The molecule has 1 unspecified atom stereocenters. The highest BCUT2D eigenvalue weighted by molar-refractivity contribution is 5.97. The molecule has 0 fully saturated rings. The summed E-state index contributed by atoms with van der Waals surface area (Å²) >= 11 is 0. The van der Waals surface area contributed by atoms with Crippen molar-refractivity contribution in [1.29, 1.82) is 0 Å². The molecular formula is C15H21FN2O3. The van der Waals surface area contributed by atoms with E-state index in [2.05, 4.69) is 5.32 Å². The van der Waals surface area contributed by atoms with Gasteiger partial charge in [-0.2, -0.15) is 0 Å². The van der Waals surface area contributed by atoms with E-state index in [9.17, 15) is 14.0 Å². The molecule has 0 radical (unpaired) electrons. The van der Waals surface area contributed by atoms with Crippen LogP contribution in [0.15, 0.2) is 18.2 Å². The van der Waals surface area contributed by atoms with Crippen LogP contribution < -0.4 is 10.1 Å². The number of methoxy groups -OCH3 is 1. The average Bonchev–Trinajstić information content (AvgIpc) is 2.45. The number of benzene rings is 1. The lowest BCUT2D eigenvalue weighted by Crippen LogP contribution is -2.36. The van der Waals surface area contributed by atoms with Gasteiger partial charge in [-0.15, -0.1) is 0 Å².